The van der Waals surface area contributed by atoms with Crippen LogP contribution in [0.2, 0.25) is 0 Å². The summed E-state index contributed by atoms with van der Waals surface area (Å²) in [6, 6.07) is 0.116. The minimum Gasteiger partial charge on any atom is -0.353 e. The minimum atomic E-state index is -4.13. The topological polar surface area (TPSA) is 62.4 Å². The second-order valence-electron chi connectivity index (χ2n) is 4.00. The molecule has 0 unspecified atom stereocenters. The average Bonchev–Trinajstić information content (AvgIpc) is 2.76. The van der Waals surface area contributed by atoms with Gasteiger partial charge in [0, 0.05) is 6.04 Å². The Balaban J connectivity index is 2.48. The number of halogens is 4. The maximum Gasteiger partial charge on any atom is 0.326 e. The van der Waals surface area contributed by atoms with E-state index in [2.05, 4.69) is 15.7 Å². The number of aliphatic imine (C=N–C) groups is 1. The summed E-state index contributed by atoms with van der Waals surface area (Å²) in [5.41, 5.74) is 2.10. The summed E-state index contributed by atoms with van der Waals surface area (Å²) in [4.78, 5) is 3.34. The van der Waals surface area contributed by atoms with Crippen LogP contribution in [0.15, 0.2) is 4.99 Å². The van der Waals surface area contributed by atoms with Gasteiger partial charge in [0.15, 0.2) is 0 Å². The fourth-order valence-electron chi connectivity index (χ4n) is 1.65. The first-order valence-electron chi connectivity index (χ1n) is 5.39. The van der Waals surface area contributed by atoms with E-state index in [1.54, 1.807) is 0 Å². The van der Waals surface area contributed by atoms with Crippen molar-refractivity contribution in [2.45, 2.75) is 44.1 Å². The number of alkyl halides is 4. The highest BCUT2D eigenvalue weighted by Crippen LogP contribution is 2.23. The molecule has 0 atom stereocenters. The molecule has 1 saturated carbocycles. The fraction of sp³-hybridized carbons (Fsp3) is 0.889. The highest BCUT2D eigenvalue weighted by molar-refractivity contribution is 5.79. The van der Waals surface area contributed by atoms with Crippen LogP contribution in [-0.2, 0) is 0 Å². The van der Waals surface area contributed by atoms with Gasteiger partial charge in [-0.25, -0.2) is 19.6 Å². The number of guanidine groups is 1. The predicted octanol–water partition coefficient (Wildman–Crippen LogP) is 1.24. The van der Waals surface area contributed by atoms with Gasteiger partial charge in [-0.3, -0.25) is 5.43 Å². The highest BCUT2D eigenvalue weighted by atomic mass is 19.3. The smallest absolute Gasteiger partial charge is 0.326 e. The molecule has 1 rings (SSSR count). The standard InChI is InChI=1S/C9H16F4N4/c10-7(11)9(12,13)5-15-8(17-14)16-6-3-1-2-4-6/h6-7H,1-5,14H2,(H2,15,16,17). The van der Waals surface area contributed by atoms with E-state index in [1.165, 1.54) is 0 Å². The van der Waals surface area contributed by atoms with E-state index < -0.39 is 18.9 Å². The van der Waals surface area contributed by atoms with E-state index in [4.69, 9.17) is 5.84 Å². The molecule has 0 bridgehead atoms. The second-order valence-corrected chi connectivity index (χ2v) is 4.00. The van der Waals surface area contributed by atoms with Crippen molar-refractivity contribution < 1.29 is 17.6 Å². The third-order valence-electron chi connectivity index (χ3n) is 2.60. The maximum atomic E-state index is 12.6. The van der Waals surface area contributed by atoms with Gasteiger partial charge in [-0.1, -0.05) is 12.8 Å². The molecule has 0 heterocycles. The Bertz CT molecular complexity index is 264. The molecule has 4 nitrogen and oxygen atoms in total. The quantitative estimate of drug-likeness (QED) is 0.233. The lowest BCUT2D eigenvalue weighted by Crippen LogP contribution is -2.46. The van der Waals surface area contributed by atoms with E-state index in [9.17, 15) is 17.6 Å². The first kappa shape index (κ1) is 14.0. The predicted molar refractivity (Wildman–Crippen MR) is 56.0 cm³/mol. The molecule has 1 aliphatic rings. The van der Waals surface area contributed by atoms with Gasteiger partial charge in [-0.15, -0.1) is 0 Å². The van der Waals surface area contributed by atoms with E-state index in [1.807, 2.05) is 0 Å². The molecular formula is C9H16F4N4. The molecule has 0 saturated heterocycles. The van der Waals surface area contributed by atoms with Crippen molar-refractivity contribution in [1.29, 1.82) is 0 Å². The van der Waals surface area contributed by atoms with Crippen molar-refractivity contribution in [3.05, 3.63) is 0 Å². The van der Waals surface area contributed by atoms with Gasteiger partial charge in [0.05, 0.1) is 0 Å². The Morgan fingerprint density at radius 1 is 1.35 bits per heavy atom. The first-order valence-corrected chi connectivity index (χ1v) is 5.39. The Morgan fingerprint density at radius 3 is 2.41 bits per heavy atom. The van der Waals surface area contributed by atoms with Crippen molar-refractivity contribution in [3.8, 4) is 0 Å². The van der Waals surface area contributed by atoms with Gasteiger partial charge in [-0.05, 0) is 12.8 Å². The van der Waals surface area contributed by atoms with E-state index in [0.717, 1.165) is 25.7 Å². The summed E-state index contributed by atoms with van der Waals surface area (Å²) in [7, 11) is 0. The van der Waals surface area contributed by atoms with Gasteiger partial charge in [0.1, 0.15) is 6.54 Å². The molecule has 0 aliphatic heterocycles. The Morgan fingerprint density at radius 2 is 1.94 bits per heavy atom. The van der Waals surface area contributed by atoms with Gasteiger partial charge in [-0.2, -0.15) is 8.78 Å². The van der Waals surface area contributed by atoms with Crippen LogP contribution < -0.4 is 16.6 Å². The molecule has 0 aromatic heterocycles. The molecule has 0 radical (unpaired) electrons. The first-order chi connectivity index (χ1) is 7.95. The molecule has 0 spiro atoms. The SMILES string of the molecule is NNC(=NCC(F)(F)C(F)F)NC1CCCC1. The maximum absolute atomic E-state index is 12.6. The number of nitrogens with one attached hydrogen (secondary N) is 2. The number of hydrogen-bond donors (Lipinski definition) is 3. The van der Waals surface area contributed by atoms with Crippen LogP contribution in [0, 0.1) is 0 Å². The van der Waals surface area contributed by atoms with Crippen molar-refractivity contribution >= 4 is 5.96 Å². The summed E-state index contributed by atoms with van der Waals surface area (Å²) in [6.45, 7) is -1.29. The molecule has 1 aliphatic carbocycles. The zero-order valence-electron chi connectivity index (χ0n) is 9.23. The molecule has 100 valence electrons. The summed E-state index contributed by atoms with van der Waals surface area (Å²) < 4.78 is 49.0. The van der Waals surface area contributed by atoms with Gasteiger partial charge >= 0.3 is 12.3 Å². The lowest BCUT2D eigenvalue weighted by atomic mass is 10.2. The largest absolute Gasteiger partial charge is 0.353 e. The Labute approximate surface area is 96.6 Å². The third-order valence-corrected chi connectivity index (χ3v) is 2.60. The minimum absolute atomic E-state index is 0.0720. The van der Waals surface area contributed by atoms with Gasteiger partial charge in [0.25, 0.3) is 0 Å². The van der Waals surface area contributed by atoms with Crippen molar-refractivity contribution in [2.24, 2.45) is 10.8 Å². The number of hydrazine groups is 1. The van der Waals surface area contributed by atoms with Crippen molar-refractivity contribution in [1.82, 2.24) is 10.7 Å². The van der Waals surface area contributed by atoms with Crippen LogP contribution in [0.4, 0.5) is 17.6 Å². The fourth-order valence-corrected chi connectivity index (χ4v) is 1.65. The summed E-state index contributed by atoms with van der Waals surface area (Å²) in [5.74, 6) is 0.883. The number of rotatable bonds is 4. The van der Waals surface area contributed by atoms with Crippen LogP contribution in [0.25, 0.3) is 0 Å². The summed E-state index contributed by atoms with van der Waals surface area (Å²) in [5, 5.41) is 2.81. The zero-order valence-corrected chi connectivity index (χ0v) is 9.23. The lowest BCUT2D eigenvalue weighted by Gasteiger charge is -2.17. The molecule has 17 heavy (non-hydrogen) atoms. The molecule has 1 fully saturated rings. The molecular weight excluding hydrogens is 240 g/mol. The van der Waals surface area contributed by atoms with E-state index in [0.29, 0.717) is 0 Å². The van der Waals surface area contributed by atoms with Gasteiger partial charge in [0.2, 0.25) is 5.96 Å². The molecule has 0 aromatic carbocycles. The lowest BCUT2D eigenvalue weighted by molar-refractivity contribution is -0.120. The number of hydrogen-bond acceptors (Lipinski definition) is 2. The van der Waals surface area contributed by atoms with Gasteiger partial charge < -0.3 is 5.32 Å². The van der Waals surface area contributed by atoms with Crippen LogP contribution in [-0.4, -0.2) is 30.9 Å². The average molecular weight is 256 g/mol. The van der Waals surface area contributed by atoms with Crippen LogP contribution in [0.1, 0.15) is 25.7 Å². The van der Waals surface area contributed by atoms with Crippen LogP contribution in [0.3, 0.4) is 0 Å². The zero-order chi connectivity index (χ0) is 12.9. The molecule has 0 amide bonds. The molecule has 0 aromatic rings. The van der Waals surface area contributed by atoms with Crippen LogP contribution >= 0.6 is 0 Å². The Hall–Kier alpha value is -1.05. The second kappa shape index (κ2) is 6.04. The monoisotopic (exact) mass is 256 g/mol. The highest BCUT2D eigenvalue weighted by Gasteiger charge is 2.40. The van der Waals surface area contributed by atoms with E-state index >= 15 is 0 Å². The number of nitrogens with two attached hydrogens (primary N) is 1. The molecule has 4 N–H and O–H groups in total. The van der Waals surface area contributed by atoms with Crippen molar-refractivity contribution in [3.63, 3.8) is 0 Å². The number of nitrogens with zero attached hydrogens (tertiary/aromatic N) is 1. The summed E-state index contributed by atoms with van der Waals surface area (Å²) >= 11 is 0. The third kappa shape index (κ3) is 4.37. The van der Waals surface area contributed by atoms with Crippen LogP contribution in [0.5, 0.6) is 0 Å². The van der Waals surface area contributed by atoms with E-state index in [-0.39, 0.29) is 12.0 Å². The molecule has 8 heteroatoms. The summed E-state index contributed by atoms with van der Waals surface area (Å²) in [6.07, 6.45) is 0.153. The normalized spacial score (nSPS) is 18.8. The Kier molecular flexibility index (Phi) is 4.98. The van der Waals surface area contributed by atoms with Crippen molar-refractivity contribution in [2.75, 3.05) is 6.54 Å².